The molecule has 0 radical (unpaired) electrons. The second-order valence-electron chi connectivity index (χ2n) is 6.00. The zero-order valence-corrected chi connectivity index (χ0v) is 12.9. The van der Waals surface area contributed by atoms with Crippen LogP contribution in [0.15, 0.2) is 24.3 Å². The maximum absolute atomic E-state index is 12.8. The van der Waals surface area contributed by atoms with Crippen LogP contribution >= 0.6 is 0 Å². The Hall–Kier alpha value is -1.99. The van der Waals surface area contributed by atoms with Crippen LogP contribution in [0.1, 0.15) is 19.3 Å². The van der Waals surface area contributed by atoms with Crippen LogP contribution in [0.25, 0.3) is 11.0 Å². The number of amides is 1. The van der Waals surface area contributed by atoms with Crippen molar-refractivity contribution in [2.45, 2.75) is 38.1 Å². The van der Waals surface area contributed by atoms with E-state index in [0.717, 1.165) is 36.8 Å². The molecule has 2 fully saturated rings. The predicted octanol–water partition coefficient (Wildman–Crippen LogP) is 1.19. The normalized spacial score (nSPS) is 22.8. The molecular formula is C16H20N4O3. The van der Waals surface area contributed by atoms with Crippen molar-refractivity contribution < 1.29 is 14.3 Å². The summed E-state index contributed by atoms with van der Waals surface area (Å²) >= 11 is 0. The van der Waals surface area contributed by atoms with E-state index in [1.54, 1.807) is 4.68 Å². The minimum Gasteiger partial charge on any atom is -0.348 e. The fraction of sp³-hybridized carbons (Fsp3) is 0.562. The summed E-state index contributed by atoms with van der Waals surface area (Å²) in [6.45, 7) is 2.16. The van der Waals surface area contributed by atoms with E-state index in [4.69, 9.17) is 9.47 Å². The molecule has 0 bridgehead atoms. The Kier molecular flexibility index (Phi) is 3.97. The summed E-state index contributed by atoms with van der Waals surface area (Å²) in [6, 6.07) is 7.68. The van der Waals surface area contributed by atoms with Gasteiger partial charge < -0.3 is 14.4 Å². The van der Waals surface area contributed by atoms with E-state index in [-0.39, 0.29) is 24.8 Å². The van der Waals surface area contributed by atoms with Crippen molar-refractivity contribution in [1.82, 2.24) is 19.9 Å². The van der Waals surface area contributed by atoms with Gasteiger partial charge in [-0.2, -0.15) is 0 Å². The molecule has 1 aromatic heterocycles. The summed E-state index contributed by atoms with van der Waals surface area (Å²) in [6.07, 6.45) is 2.76. The van der Waals surface area contributed by atoms with Crippen molar-refractivity contribution in [1.29, 1.82) is 0 Å². The topological polar surface area (TPSA) is 69.5 Å². The van der Waals surface area contributed by atoms with E-state index in [9.17, 15) is 4.79 Å². The zero-order valence-electron chi connectivity index (χ0n) is 12.9. The molecule has 0 aliphatic carbocycles. The number of hydrogen-bond acceptors (Lipinski definition) is 5. The van der Waals surface area contributed by atoms with Crippen molar-refractivity contribution in [3.05, 3.63) is 24.3 Å². The maximum Gasteiger partial charge on any atom is 0.244 e. The Labute approximate surface area is 134 Å². The highest BCUT2D eigenvalue weighted by Gasteiger charge is 2.36. The molecule has 1 unspecified atom stereocenters. The smallest absolute Gasteiger partial charge is 0.244 e. The van der Waals surface area contributed by atoms with Crippen molar-refractivity contribution in [3.63, 3.8) is 0 Å². The van der Waals surface area contributed by atoms with Crippen LogP contribution in [0.2, 0.25) is 0 Å². The second kappa shape index (κ2) is 6.25. The van der Waals surface area contributed by atoms with Crippen molar-refractivity contribution in [3.8, 4) is 0 Å². The molecule has 122 valence electrons. The number of carbonyl (C=O) groups excluding carboxylic acids is 1. The van der Waals surface area contributed by atoms with E-state index in [2.05, 4.69) is 10.3 Å². The quantitative estimate of drug-likeness (QED) is 0.850. The Morgan fingerprint density at radius 2 is 2.04 bits per heavy atom. The van der Waals surface area contributed by atoms with Gasteiger partial charge >= 0.3 is 0 Å². The Morgan fingerprint density at radius 3 is 2.91 bits per heavy atom. The van der Waals surface area contributed by atoms with Crippen molar-refractivity contribution >= 4 is 16.9 Å². The molecule has 23 heavy (non-hydrogen) atoms. The van der Waals surface area contributed by atoms with Gasteiger partial charge in [0.05, 0.1) is 24.8 Å². The summed E-state index contributed by atoms with van der Waals surface area (Å²) in [4.78, 5) is 14.7. The molecule has 2 aromatic rings. The van der Waals surface area contributed by atoms with Gasteiger partial charge in [0, 0.05) is 6.54 Å². The van der Waals surface area contributed by atoms with Crippen LogP contribution in [0.5, 0.6) is 0 Å². The molecule has 7 nitrogen and oxygen atoms in total. The Balaban J connectivity index is 1.52. The molecular weight excluding hydrogens is 296 g/mol. The van der Waals surface area contributed by atoms with Gasteiger partial charge in [0.2, 0.25) is 5.91 Å². The van der Waals surface area contributed by atoms with E-state index >= 15 is 0 Å². The first-order valence-corrected chi connectivity index (χ1v) is 8.14. The first-order chi connectivity index (χ1) is 11.3. The SMILES string of the molecule is O=C(Cn1nnc2ccccc21)N1CCCCC1C1OCCO1. The number of nitrogens with zero attached hydrogens (tertiary/aromatic N) is 4. The van der Waals surface area contributed by atoms with Crippen LogP contribution < -0.4 is 0 Å². The first-order valence-electron chi connectivity index (χ1n) is 8.14. The van der Waals surface area contributed by atoms with Crippen molar-refractivity contribution in [2.75, 3.05) is 19.8 Å². The van der Waals surface area contributed by atoms with Crippen LogP contribution in [0, 0.1) is 0 Å². The molecule has 0 N–H and O–H groups in total. The monoisotopic (exact) mass is 316 g/mol. The van der Waals surface area contributed by atoms with Gasteiger partial charge in [0.1, 0.15) is 12.1 Å². The number of ether oxygens (including phenoxy) is 2. The lowest BCUT2D eigenvalue weighted by Crippen LogP contribution is -2.51. The molecule has 7 heteroatoms. The number of piperidine rings is 1. The molecule has 3 heterocycles. The summed E-state index contributed by atoms with van der Waals surface area (Å²) in [5.41, 5.74) is 1.68. The molecule has 2 aliphatic heterocycles. The van der Waals surface area contributed by atoms with Crippen LogP contribution in [0.3, 0.4) is 0 Å². The van der Waals surface area contributed by atoms with Gasteiger partial charge in [-0.1, -0.05) is 17.3 Å². The molecule has 1 amide bonds. The lowest BCUT2D eigenvalue weighted by Gasteiger charge is -2.38. The number of carbonyl (C=O) groups is 1. The third-order valence-electron chi connectivity index (χ3n) is 4.54. The first kappa shape index (κ1) is 14.6. The highest BCUT2D eigenvalue weighted by atomic mass is 16.7. The van der Waals surface area contributed by atoms with Crippen LogP contribution in [-0.2, 0) is 20.8 Å². The van der Waals surface area contributed by atoms with E-state index in [1.165, 1.54) is 0 Å². The minimum absolute atomic E-state index is 0.00790. The fourth-order valence-corrected chi connectivity index (χ4v) is 3.40. The number of likely N-dealkylation sites (tertiary alicyclic amines) is 1. The second-order valence-corrected chi connectivity index (χ2v) is 6.00. The highest BCUT2D eigenvalue weighted by Crippen LogP contribution is 2.25. The predicted molar refractivity (Wildman–Crippen MR) is 82.6 cm³/mol. The van der Waals surface area contributed by atoms with E-state index < -0.39 is 0 Å². The third-order valence-corrected chi connectivity index (χ3v) is 4.54. The van der Waals surface area contributed by atoms with Crippen LogP contribution in [-0.4, -0.2) is 57.9 Å². The average molecular weight is 316 g/mol. The molecule has 4 rings (SSSR count). The van der Waals surface area contributed by atoms with E-state index in [1.807, 2.05) is 29.2 Å². The average Bonchev–Trinajstić information content (AvgIpc) is 3.25. The van der Waals surface area contributed by atoms with Gasteiger partial charge in [-0.25, -0.2) is 4.68 Å². The standard InChI is InChI=1S/C16H20N4O3/c21-15(11-20-13-6-2-1-5-12(13)17-18-20)19-8-4-3-7-14(19)16-22-9-10-23-16/h1-2,5-6,14,16H,3-4,7-11H2. The summed E-state index contributed by atoms with van der Waals surface area (Å²) in [5.74, 6) is 0.0458. The molecule has 0 saturated carbocycles. The molecule has 0 spiro atoms. The summed E-state index contributed by atoms with van der Waals surface area (Å²) in [7, 11) is 0. The van der Waals surface area contributed by atoms with Crippen LogP contribution in [0.4, 0.5) is 0 Å². The van der Waals surface area contributed by atoms with Gasteiger partial charge in [-0.05, 0) is 31.4 Å². The summed E-state index contributed by atoms with van der Waals surface area (Å²) in [5, 5.41) is 8.22. The number of rotatable bonds is 3. The van der Waals surface area contributed by atoms with Gasteiger partial charge in [0.25, 0.3) is 0 Å². The maximum atomic E-state index is 12.8. The number of fused-ring (bicyclic) bond motifs is 1. The number of aromatic nitrogens is 3. The molecule has 1 aromatic carbocycles. The molecule has 1 atom stereocenters. The Bertz CT molecular complexity index is 695. The third kappa shape index (κ3) is 2.82. The fourth-order valence-electron chi connectivity index (χ4n) is 3.40. The molecule has 2 saturated heterocycles. The summed E-state index contributed by atoms with van der Waals surface area (Å²) < 4.78 is 12.9. The molecule has 2 aliphatic rings. The van der Waals surface area contributed by atoms with Gasteiger partial charge in [-0.15, -0.1) is 5.10 Å². The van der Waals surface area contributed by atoms with Gasteiger partial charge in [0.15, 0.2) is 6.29 Å². The largest absolute Gasteiger partial charge is 0.348 e. The zero-order chi connectivity index (χ0) is 15.6. The minimum atomic E-state index is -0.285. The van der Waals surface area contributed by atoms with Gasteiger partial charge in [-0.3, -0.25) is 4.79 Å². The number of benzene rings is 1. The highest BCUT2D eigenvalue weighted by molar-refractivity contribution is 5.80. The number of para-hydroxylation sites is 1. The lowest BCUT2D eigenvalue weighted by molar-refractivity contribution is -0.151. The van der Waals surface area contributed by atoms with E-state index in [0.29, 0.717) is 13.2 Å². The van der Waals surface area contributed by atoms with Crippen molar-refractivity contribution in [2.24, 2.45) is 0 Å². The number of hydrogen-bond donors (Lipinski definition) is 0. The lowest BCUT2D eigenvalue weighted by atomic mass is 10.0. The Morgan fingerprint density at radius 1 is 1.22 bits per heavy atom.